The van der Waals surface area contributed by atoms with E-state index in [0.717, 1.165) is 13.2 Å². The quantitative estimate of drug-likeness (QED) is 0.633. The maximum Gasteiger partial charge on any atom is 0.0988 e. The molecule has 0 radical (unpaired) electrons. The van der Waals surface area contributed by atoms with Crippen LogP contribution in [0, 0.1) is 13.8 Å². The van der Waals surface area contributed by atoms with Gasteiger partial charge in [-0.1, -0.05) is 29.8 Å². The normalized spacial score (nSPS) is 18.3. The molecule has 1 fully saturated rings. The van der Waals surface area contributed by atoms with Gasteiger partial charge in [0.25, 0.3) is 0 Å². The van der Waals surface area contributed by atoms with Gasteiger partial charge in [0, 0.05) is 16.3 Å². The molecule has 19 heavy (non-hydrogen) atoms. The van der Waals surface area contributed by atoms with Gasteiger partial charge in [-0.2, -0.15) is 0 Å². The molecule has 1 aliphatic rings. The highest BCUT2D eigenvalue weighted by Gasteiger charge is 2.25. The zero-order valence-corrected chi connectivity index (χ0v) is 11.3. The van der Waals surface area contributed by atoms with Crippen LogP contribution in [0.25, 0.3) is 21.8 Å². The molecule has 2 heteroatoms. The van der Waals surface area contributed by atoms with Crippen molar-refractivity contribution in [2.75, 3.05) is 6.61 Å². The van der Waals surface area contributed by atoms with Crippen molar-refractivity contribution in [1.29, 1.82) is 0 Å². The predicted molar refractivity (Wildman–Crippen MR) is 78.7 cm³/mol. The number of aromatic nitrogens is 1. The molecule has 0 spiro atoms. The summed E-state index contributed by atoms with van der Waals surface area (Å²) in [4.78, 5) is 0. The molecule has 1 aliphatic heterocycles. The first kappa shape index (κ1) is 11.1. The van der Waals surface area contributed by atoms with E-state index in [1.165, 1.54) is 32.9 Å². The summed E-state index contributed by atoms with van der Waals surface area (Å²) < 4.78 is 7.85. The van der Waals surface area contributed by atoms with Gasteiger partial charge in [-0.25, -0.2) is 0 Å². The van der Waals surface area contributed by atoms with E-state index >= 15 is 0 Å². The van der Waals surface area contributed by atoms with Gasteiger partial charge in [-0.05, 0) is 31.5 Å². The second-order valence-electron chi connectivity index (χ2n) is 5.56. The highest BCUT2D eigenvalue weighted by molar-refractivity contribution is 6.09. The van der Waals surface area contributed by atoms with Crippen molar-refractivity contribution in [2.45, 2.75) is 26.5 Å². The highest BCUT2D eigenvalue weighted by atomic mass is 16.6. The Balaban J connectivity index is 2.14. The summed E-state index contributed by atoms with van der Waals surface area (Å²) in [5.74, 6) is 0. The Bertz CT molecular complexity index is 781. The van der Waals surface area contributed by atoms with Crippen molar-refractivity contribution in [3.8, 4) is 0 Å². The van der Waals surface area contributed by atoms with E-state index in [2.05, 4.69) is 54.8 Å². The summed E-state index contributed by atoms with van der Waals surface area (Å²) in [6, 6.07) is 13.2. The van der Waals surface area contributed by atoms with Gasteiger partial charge in [0.05, 0.1) is 24.8 Å². The molecular weight excluding hydrogens is 234 g/mol. The van der Waals surface area contributed by atoms with Crippen LogP contribution in [-0.2, 0) is 11.3 Å². The highest BCUT2D eigenvalue weighted by Crippen LogP contribution is 2.33. The van der Waals surface area contributed by atoms with E-state index in [1.807, 2.05) is 0 Å². The molecule has 96 valence electrons. The molecule has 2 aromatic carbocycles. The smallest absolute Gasteiger partial charge is 0.0988 e. The SMILES string of the molecule is Cc1cc(C)c2c(c1)c1ccccc1n2CC1CO1. The minimum absolute atomic E-state index is 0.403. The Kier molecular flexibility index (Phi) is 2.24. The summed E-state index contributed by atoms with van der Waals surface area (Å²) >= 11 is 0. The number of benzene rings is 2. The minimum Gasteiger partial charge on any atom is -0.371 e. The van der Waals surface area contributed by atoms with Crippen LogP contribution >= 0.6 is 0 Å². The van der Waals surface area contributed by atoms with Crippen LogP contribution in [-0.4, -0.2) is 17.3 Å². The Morgan fingerprint density at radius 1 is 1.16 bits per heavy atom. The second kappa shape index (κ2) is 3.84. The van der Waals surface area contributed by atoms with Gasteiger partial charge in [0.2, 0.25) is 0 Å². The molecule has 0 bridgehead atoms. The Morgan fingerprint density at radius 2 is 1.95 bits per heavy atom. The fourth-order valence-corrected chi connectivity index (χ4v) is 3.15. The fraction of sp³-hybridized carbons (Fsp3) is 0.294. The summed E-state index contributed by atoms with van der Waals surface area (Å²) in [5, 5.41) is 2.72. The summed E-state index contributed by atoms with van der Waals surface area (Å²) in [6.45, 7) is 6.24. The van der Waals surface area contributed by atoms with E-state index in [4.69, 9.17) is 4.74 Å². The lowest BCUT2D eigenvalue weighted by atomic mass is 10.1. The molecule has 0 N–H and O–H groups in total. The van der Waals surface area contributed by atoms with Gasteiger partial charge < -0.3 is 9.30 Å². The number of epoxide rings is 1. The van der Waals surface area contributed by atoms with Gasteiger partial charge >= 0.3 is 0 Å². The molecular formula is C17H17NO. The lowest BCUT2D eigenvalue weighted by Gasteiger charge is -2.07. The molecule has 1 unspecified atom stereocenters. The molecule has 1 atom stereocenters. The lowest BCUT2D eigenvalue weighted by Crippen LogP contribution is -2.04. The lowest BCUT2D eigenvalue weighted by molar-refractivity contribution is 0.387. The van der Waals surface area contributed by atoms with Crippen LogP contribution in [0.4, 0.5) is 0 Å². The van der Waals surface area contributed by atoms with E-state index < -0.39 is 0 Å². The van der Waals surface area contributed by atoms with Crippen LogP contribution in [0.3, 0.4) is 0 Å². The average Bonchev–Trinajstić information content (AvgIpc) is 3.14. The van der Waals surface area contributed by atoms with Crippen molar-refractivity contribution < 1.29 is 4.74 Å². The van der Waals surface area contributed by atoms with E-state index in [-0.39, 0.29) is 0 Å². The summed E-state index contributed by atoms with van der Waals surface area (Å²) in [6.07, 6.45) is 0.403. The van der Waals surface area contributed by atoms with Crippen LogP contribution in [0.2, 0.25) is 0 Å². The standard InChI is InChI=1S/C17H17NO/c1-11-7-12(2)17-15(8-11)14-5-3-4-6-16(14)18(17)9-13-10-19-13/h3-8,13H,9-10H2,1-2H3. The Labute approximate surface area is 112 Å². The van der Waals surface area contributed by atoms with E-state index in [9.17, 15) is 0 Å². The third-order valence-corrected chi connectivity index (χ3v) is 3.99. The molecule has 2 nitrogen and oxygen atoms in total. The number of nitrogens with zero attached hydrogens (tertiary/aromatic N) is 1. The van der Waals surface area contributed by atoms with Crippen LogP contribution in [0.1, 0.15) is 11.1 Å². The molecule has 0 saturated carbocycles. The number of rotatable bonds is 2. The zero-order chi connectivity index (χ0) is 13.0. The van der Waals surface area contributed by atoms with Crippen molar-refractivity contribution >= 4 is 21.8 Å². The maximum absolute atomic E-state index is 5.42. The number of para-hydroxylation sites is 1. The number of fused-ring (bicyclic) bond motifs is 3. The molecule has 2 heterocycles. The minimum atomic E-state index is 0.403. The molecule has 4 rings (SSSR count). The van der Waals surface area contributed by atoms with Gasteiger partial charge in [0.15, 0.2) is 0 Å². The van der Waals surface area contributed by atoms with Gasteiger partial charge in [0.1, 0.15) is 0 Å². The summed E-state index contributed by atoms with van der Waals surface area (Å²) in [7, 11) is 0. The van der Waals surface area contributed by atoms with Gasteiger partial charge in [-0.15, -0.1) is 0 Å². The second-order valence-corrected chi connectivity index (χ2v) is 5.56. The average molecular weight is 251 g/mol. The topological polar surface area (TPSA) is 17.5 Å². The van der Waals surface area contributed by atoms with Crippen molar-refractivity contribution in [3.63, 3.8) is 0 Å². The Hall–Kier alpha value is -1.80. The first-order valence-corrected chi connectivity index (χ1v) is 6.84. The van der Waals surface area contributed by atoms with Crippen molar-refractivity contribution in [3.05, 3.63) is 47.5 Å². The molecule has 1 saturated heterocycles. The van der Waals surface area contributed by atoms with Crippen LogP contribution < -0.4 is 0 Å². The number of hydrogen-bond acceptors (Lipinski definition) is 1. The molecule has 0 amide bonds. The van der Waals surface area contributed by atoms with Crippen molar-refractivity contribution in [2.24, 2.45) is 0 Å². The van der Waals surface area contributed by atoms with E-state index in [0.29, 0.717) is 6.10 Å². The third-order valence-electron chi connectivity index (χ3n) is 3.99. The maximum atomic E-state index is 5.42. The van der Waals surface area contributed by atoms with Crippen molar-refractivity contribution in [1.82, 2.24) is 4.57 Å². The predicted octanol–water partition coefficient (Wildman–Crippen LogP) is 3.81. The third kappa shape index (κ3) is 1.67. The summed E-state index contributed by atoms with van der Waals surface area (Å²) in [5.41, 5.74) is 5.37. The van der Waals surface area contributed by atoms with Crippen LogP contribution in [0.15, 0.2) is 36.4 Å². The Morgan fingerprint density at radius 3 is 2.74 bits per heavy atom. The monoisotopic (exact) mass is 251 g/mol. The number of aryl methyl sites for hydroxylation is 2. The molecule has 1 aromatic heterocycles. The van der Waals surface area contributed by atoms with E-state index in [1.54, 1.807) is 0 Å². The first-order chi connectivity index (χ1) is 9.24. The molecule has 3 aromatic rings. The first-order valence-electron chi connectivity index (χ1n) is 6.84. The largest absolute Gasteiger partial charge is 0.371 e. The van der Waals surface area contributed by atoms with Gasteiger partial charge in [-0.3, -0.25) is 0 Å². The number of ether oxygens (including phenoxy) is 1. The number of hydrogen-bond donors (Lipinski definition) is 0. The zero-order valence-electron chi connectivity index (χ0n) is 11.3. The molecule has 0 aliphatic carbocycles. The fourth-order valence-electron chi connectivity index (χ4n) is 3.15. The van der Waals surface area contributed by atoms with Crippen LogP contribution in [0.5, 0.6) is 0 Å².